The highest BCUT2D eigenvalue weighted by Gasteiger charge is 2.27. The Hall–Kier alpha value is -2.90. The summed E-state index contributed by atoms with van der Waals surface area (Å²) in [5, 5.41) is 6.94. The molecule has 3 aromatic heterocycles. The summed E-state index contributed by atoms with van der Waals surface area (Å²) in [5.74, 6) is -6.63. The number of nitrogens with zero attached hydrogens (tertiary/aromatic N) is 4. The molecule has 0 bridgehead atoms. The largest absolute Gasteiger partial charge is 0.312 e. The van der Waals surface area contributed by atoms with E-state index in [2.05, 4.69) is 10.3 Å². The van der Waals surface area contributed by atoms with Gasteiger partial charge >= 0.3 is 0 Å². The van der Waals surface area contributed by atoms with E-state index in [4.69, 9.17) is 0 Å². The molecule has 0 aliphatic carbocycles. The van der Waals surface area contributed by atoms with E-state index in [0.29, 0.717) is 5.52 Å². The topological polar surface area (TPSA) is 35.1 Å². The van der Waals surface area contributed by atoms with Crippen molar-refractivity contribution in [2.45, 2.75) is 0 Å². The molecule has 4 aromatic rings. The molecule has 3 heterocycles. The maximum absolute atomic E-state index is 14.3. The van der Waals surface area contributed by atoms with Crippen molar-refractivity contribution in [1.82, 2.24) is 19.4 Å². The van der Waals surface area contributed by atoms with Gasteiger partial charge in [-0.15, -0.1) is 5.10 Å². The highest BCUT2D eigenvalue weighted by molar-refractivity contribution is 5.99. The van der Waals surface area contributed by atoms with E-state index in [9.17, 15) is 17.6 Å². The summed E-state index contributed by atoms with van der Waals surface area (Å²) in [5.41, 5.74) is 0.0340. The van der Waals surface area contributed by atoms with Gasteiger partial charge in [-0.25, -0.2) is 22.2 Å². The second kappa shape index (κ2) is 4.30. The third-order valence-corrected chi connectivity index (χ3v) is 3.47. The van der Waals surface area contributed by atoms with Crippen molar-refractivity contribution in [1.29, 1.82) is 0 Å². The number of benzene rings is 1. The van der Waals surface area contributed by atoms with Gasteiger partial charge in [-0.05, 0) is 12.1 Å². The van der Waals surface area contributed by atoms with Gasteiger partial charge in [0.1, 0.15) is 5.69 Å². The fourth-order valence-electron chi connectivity index (χ4n) is 2.58. The fraction of sp³-hybridized carbons (Fsp3) is 0. The Bertz CT molecular complexity index is 1020. The number of hydrogen-bond acceptors (Lipinski definition) is 2. The van der Waals surface area contributed by atoms with E-state index in [1.807, 2.05) is 0 Å². The summed E-state index contributed by atoms with van der Waals surface area (Å²) in [6, 6.07) is 4.76. The van der Waals surface area contributed by atoms with Crippen molar-refractivity contribution >= 4 is 16.4 Å². The average molecular weight is 306 g/mol. The summed E-state index contributed by atoms with van der Waals surface area (Å²) in [6.07, 6.45) is 4.17. The molecule has 0 amide bonds. The van der Waals surface area contributed by atoms with Crippen LogP contribution in [0.1, 0.15) is 0 Å². The van der Waals surface area contributed by atoms with E-state index in [-0.39, 0.29) is 5.69 Å². The van der Waals surface area contributed by atoms with Gasteiger partial charge in [-0.3, -0.25) is 0 Å². The molecule has 0 aliphatic heterocycles. The van der Waals surface area contributed by atoms with Crippen molar-refractivity contribution in [3.63, 3.8) is 0 Å². The van der Waals surface area contributed by atoms with E-state index in [1.54, 1.807) is 18.2 Å². The van der Waals surface area contributed by atoms with Gasteiger partial charge in [0.2, 0.25) is 0 Å². The van der Waals surface area contributed by atoms with E-state index in [1.165, 1.54) is 27.7 Å². The molecule has 0 saturated heterocycles. The minimum absolute atomic E-state index is 0.0865. The maximum Gasteiger partial charge on any atom is 0.199 e. The molecular formula is C14H6F4N4. The lowest BCUT2D eigenvalue weighted by Crippen LogP contribution is -2.00. The van der Waals surface area contributed by atoms with Crippen LogP contribution >= 0.6 is 0 Å². The maximum atomic E-state index is 14.3. The van der Waals surface area contributed by atoms with E-state index < -0.39 is 34.2 Å². The number of fused-ring (bicyclic) bond motifs is 3. The standard InChI is InChI=1S/C14H6F4N4/c15-9-8-13(22-6-4-19-20-22)7-3-1-2-5-21(7)14(8)12(18)11(17)10(9)16/h1-6H. The molecule has 0 atom stereocenters. The molecule has 0 saturated carbocycles. The highest BCUT2D eigenvalue weighted by atomic mass is 19.2. The van der Waals surface area contributed by atoms with Crippen LogP contribution in [0.5, 0.6) is 0 Å². The molecule has 0 radical (unpaired) electrons. The Morgan fingerprint density at radius 3 is 2.36 bits per heavy atom. The molecule has 4 nitrogen and oxygen atoms in total. The number of pyridine rings is 1. The SMILES string of the molecule is Fc1c(F)c(F)c2c(c1F)c(-n1ccnn1)c1ccccn12. The Morgan fingerprint density at radius 1 is 0.864 bits per heavy atom. The quantitative estimate of drug-likeness (QED) is 0.307. The lowest BCUT2D eigenvalue weighted by atomic mass is 10.2. The Kier molecular flexibility index (Phi) is 2.50. The van der Waals surface area contributed by atoms with Crippen LogP contribution in [-0.4, -0.2) is 19.4 Å². The molecule has 0 spiro atoms. The Morgan fingerprint density at radius 2 is 1.64 bits per heavy atom. The molecular weight excluding hydrogens is 300 g/mol. The molecule has 0 fully saturated rings. The average Bonchev–Trinajstić information content (AvgIpc) is 3.15. The zero-order chi connectivity index (χ0) is 15.4. The lowest BCUT2D eigenvalue weighted by Gasteiger charge is -2.03. The molecule has 8 heteroatoms. The van der Waals surface area contributed by atoms with Crippen LogP contribution in [0.4, 0.5) is 17.6 Å². The van der Waals surface area contributed by atoms with Gasteiger partial charge < -0.3 is 4.40 Å². The fourth-order valence-corrected chi connectivity index (χ4v) is 2.58. The summed E-state index contributed by atoms with van der Waals surface area (Å²) >= 11 is 0. The zero-order valence-corrected chi connectivity index (χ0v) is 10.8. The molecule has 1 aromatic carbocycles. The number of hydrogen-bond donors (Lipinski definition) is 0. The van der Waals surface area contributed by atoms with Crippen molar-refractivity contribution in [3.8, 4) is 5.69 Å². The predicted octanol–water partition coefficient (Wildman–Crippen LogP) is 3.23. The first kappa shape index (κ1) is 12.8. The first-order valence-corrected chi connectivity index (χ1v) is 6.22. The summed E-state index contributed by atoms with van der Waals surface area (Å²) in [7, 11) is 0. The van der Waals surface area contributed by atoms with Gasteiger partial charge in [0.25, 0.3) is 0 Å². The molecule has 22 heavy (non-hydrogen) atoms. The Labute approximate surface area is 120 Å². The van der Waals surface area contributed by atoms with Crippen LogP contribution in [0.15, 0.2) is 36.8 Å². The van der Waals surface area contributed by atoms with Crippen molar-refractivity contribution in [2.24, 2.45) is 0 Å². The van der Waals surface area contributed by atoms with Gasteiger partial charge in [-0.1, -0.05) is 11.3 Å². The van der Waals surface area contributed by atoms with E-state index in [0.717, 1.165) is 0 Å². The first-order valence-electron chi connectivity index (χ1n) is 6.22. The van der Waals surface area contributed by atoms with Crippen LogP contribution in [0.25, 0.3) is 22.1 Å². The van der Waals surface area contributed by atoms with Gasteiger partial charge in [0, 0.05) is 6.20 Å². The van der Waals surface area contributed by atoms with Crippen LogP contribution < -0.4 is 0 Å². The smallest absolute Gasteiger partial charge is 0.199 e. The zero-order valence-electron chi connectivity index (χ0n) is 10.8. The third-order valence-electron chi connectivity index (χ3n) is 3.47. The van der Waals surface area contributed by atoms with Gasteiger partial charge in [-0.2, -0.15) is 0 Å². The van der Waals surface area contributed by atoms with Gasteiger partial charge in [0.15, 0.2) is 23.3 Å². The minimum atomic E-state index is -1.86. The number of halogens is 4. The molecule has 4 rings (SSSR count). The van der Waals surface area contributed by atoms with Gasteiger partial charge in [0.05, 0.1) is 28.8 Å². The third kappa shape index (κ3) is 1.46. The predicted molar refractivity (Wildman–Crippen MR) is 69.7 cm³/mol. The molecule has 0 aliphatic rings. The Balaban J connectivity index is 2.36. The number of aromatic nitrogens is 4. The van der Waals surface area contributed by atoms with Crippen LogP contribution in [-0.2, 0) is 0 Å². The first-order chi connectivity index (χ1) is 10.6. The second-order valence-electron chi connectivity index (χ2n) is 4.63. The number of rotatable bonds is 1. The van der Waals surface area contributed by atoms with Crippen LogP contribution in [0.2, 0.25) is 0 Å². The minimum Gasteiger partial charge on any atom is -0.312 e. The normalized spacial score (nSPS) is 11.6. The summed E-state index contributed by atoms with van der Waals surface area (Å²) in [6.45, 7) is 0. The van der Waals surface area contributed by atoms with Crippen molar-refractivity contribution in [2.75, 3.05) is 0 Å². The molecule has 110 valence electrons. The lowest BCUT2D eigenvalue weighted by molar-refractivity contribution is 0.417. The highest BCUT2D eigenvalue weighted by Crippen LogP contribution is 2.35. The molecule has 0 unspecified atom stereocenters. The second-order valence-corrected chi connectivity index (χ2v) is 4.63. The molecule has 0 N–H and O–H groups in total. The van der Waals surface area contributed by atoms with Crippen LogP contribution in [0.3, 0.4) is 0 Å². The van der Waals surface area contributed by atoms with Crippen molar-refractivity contribution in [3.05, 3.63) is 60.1 Å². The summed E-state index contributed by atoms with van der Waals surface area (Å²) < 4.78 is 58.1. The van der Waals surface area contributed by atoms with Crippen LogP contribution in [0, 0.1) is 23.3 Å². The summed E-state index contributed by atoms with van der Waals surface area (Å²) in [4.78, 5) is 0. The van der Waals surface area contributed by atoms with E-state index >= 15 is 0 Å². The monoisotopic (exact) mass is 306 g/mol. The van der Waals surface area contributed by atoms with Crippen molar-refractivity contribution < 1.29 is 17.6 Å².